The van der Waals surface area contributed by atoms with Gasteiger partial charge in [-0.1, -0.05) is 23.7 Å². The highest BCUT2D eigenvalue weighted by Gasteiger charge is 1.99. The van der Waals surface area contributed by atoms with Gasteiger partial charge in [-0.2, -0.15) is 5.10 Å². The minimum absolute atomic E-state index is 0.627. The van der Waals surface area contributed by atoms with Gasteiger partial charge in [0.25, 0.3) is 0 Å². The molecule has 0 heterocycles. The first-order valence-electron chi connectivity index (χ1n) is 2.93. The quantitative estimate of drug-likeness (QED) is 0.451. The van der Waals surface area contributed by atoms with Gasteiger partial charge < -0.3 is 5.84 Å². The van der Waals surface area contributed by atoms with Gasteiger partial charge in [0, 0.05) is 10.0 Å². The zero-order valence-corrected chi connectivity index (χ0v) is 7.93. The monoisotopic (exact) mass is 232 g/mol. The van der Waals surface area contributed by atoms with E-state index in [-0.39, 0.29) is 0 Å². The second-order valence-electron chi connectivity index (χ2n) is 1.92. The maximum atomic E-state index is 5.88. The summed E-state index contributed by atoms with van der Waals surface area (Å²) in [5, 5.41) is 4.00. The predicted octanol–water partition coefficient (Wildman–Crippen LogP) is 2.40. The van der Waals surface area contributed by atoms with Crippen molar-refractivity contribution in [2.45, 2.75) is 0 Å². The van der Waals surface area contributed by atoms with Crippen molar-refractivity contribution in [3.05, 3.63) is 33.3 Å². The highest BCUT2D eigenvalue weighted by atomic mass is 79.9. The molecule has 1 aromatic carbocycles. The topological polar surface area (TPSA) is 38.4 Å². The second kappa shape index (κ2) is 3.74. The van der Waals surface area contributed by atoms with Gasteiger partial charge in [-0.25, -0.2) is 0 Å². The minimum Gasteiger partial charge on any atom is -0.323 e. The normalized spacial score (nSPS) is 10.7. The smallest absolute Gasteiger partial charge is 0.0636 e. The van der Waals surface area contributed by atoms with E-state index >= 15 is 0 Å². The largest absolute Gasteiger partial charge is 0.323 e. The van der Waals surface area contributed by atoms with Crippen LogP contribution in [-0.2, 0) is 0 Å². The summed E-state index contributed by atoms with van der Waals surface area (Å²) in [6.07, 6.45) is 1.51. The molecule has 0 amide bonds. The van der Waals surface area contributed by atoms with E-state index < -0.39 is 0 Å². The zero-order valence-electron chi connectivity index (χ0n) is 5.59. The van der Waals surface area contributed by atoms with E-state index in [0.29, 0.717) is 5.02 Å². The first kappa shape index (κ1) is 8.56. The van der Waals surface area contributed by atoms with Gasteiger partial charge in [-0.15, -0.1) is 0 Å². The first-order chi connectivity index (χ1) is 5.25. The molecule has 0 spiro atoms. The van der Waals surface area contributed by atoms with Crippen molar-refractivity contribution in [3.8, 4) is 0 Å². The van der Waals surface area contributed by atoms with Crippen molar-refractivity contribution in [2.75, 3.05) is 0 Å². The first-order valence-corrected chi connectivity index (χ1v) is 4.10. The lowest BCUT2D eigenvalue weighted by Crippen LogP contribution is -1.87. The molecule has 0 aliphatic rings. The lowest BCUT2D eigenvalue weighted by Gasteiger charge is -1.97. The molecule has 0 saturated carbocycles. The molecule has 0 aromatic heterocycles. The van der Waals surface area contributed by atoms with Crippen LogP contribution < -0.4 is 5.84 Å². The third-order valence-corrected chi connectivity index (χ3v) is 2.51. The van der Waals surface area contributed by atoms with Crippen molar-refractivity contribution < 1.29 is 0 Å². The molecule has 0 fully saturated rings. The number of nitrogens with two attached hydrogens (primary N) is 1. The fourth-order valence-electron chi connectivity index (χ4n) is 0.700. The fourth-order valence-corrected chi connectivity index (χ4v) is 1.26. The third kappa shape index (κ3) is 1.94. The SMILES string of the molecule is N/N=C\c1cccc(Br)c1Cl. The van der Waals surface area contributed by atoms with Crippen molar-refractivity contribution in [2.24, 2.45) is 10.9 Å². The predicted molar refractivity (Wildman–Crippen MR) is 50.9 cm³/mol. The summed E-state index contributed by atoms with van der Waals surface area (Å²) >= 11 is 9.16. The Morgan fingerprint density at radius 3 is 2.91 bits per heavy atom. The molecule has 2 nitrogen and oxygen atoms in total. The van der Waals surface area contributed by atoms with E-state index in [1.165, 1.54) is 6.21 Å². The highest BCUT2D eigenvalue weighted by Crippen LogP contribution is 2.24. The van der Waals surface area contributed by atoms with E-state index in [1.807, 2.05) is 18.2 Å². The van der Waals surface area contributed by atoms with Gasteiger partial charge in [-0.05, 0) is 22.0 Å². The molecule has 58 valence electrons. The maximum Gasteiger partial charge on any atom is 0.0636 e. The van der Waals surface area contributed by atoms with Crippen LogP contribution in [0.1, 0.15) is 5.56 Å². The van der Waals surface area contributed by atoms with Crippen LogP contribution in [0.2, 0.25) is 5.02 Å². The lowest BCUT2D eigenvalue weighted by atomic mass is 10.2. The standard InChI is InChI=1S/C7H6BrClN2/c8-6-3-1-2-5(4-11-10)7(6)9/h1-4H,10H2/b11-4-. The maximum absolute atomic E-state index is 5.88. The summed E-state index contributed by atoms with van der Waals surface area (Å²) in [7, 11) is 0. The van der Waals surface area contributed by atoms with E-state index in [1.54, 1.807) is 0 Å². The number of rotatable bonds is 1. The molecular weight excluding hydrogens is 227 g/mol. The molecule has 1 rings (SSSR count). The second-order valence-corrected chi connectivity index (χ2v) is 3.15. The van der Waals surface area contributed by atoms with Gasteiger partial charge in [0.15, 0.2) is 0 Å². The van der Waals surface area contributed by atoms with Crippen LogP contribution in [0, 0.1) is 0 Å². The number of halogens is 2. The molecule has 11 heavy (non-hydrogen) atoms. The molecular formula is C7H6BrClN2. The number of hydrogen-bond acceptors (Lipinski definition) is 2. The van der Waals surface area contributed by atoms with E-state index in [0.717, 1.165) is 10.0 Å². The minimum atomic E-state index is 0.627. The van der Waals surface area contributed by atoms with Crippen LogP contribution in [0.3, 0.4) is 0 Å². The summed E-state index contributed by atoms with van der Waals surface area (Å²) in [6.45, 7) is 0. The Kier molecular flexibility index (Phi) is 2.91. The van der Waals surface area contributed by atoms with E-state index in [9.17, 15) is 0 Å². The molecule has 4 heteroatoms. The molecule has 0 aliphatic heterocycles. The third-order valence-electron chi connectivity index (χ3n) is 1.20. The van der Waals surface area contributed by atoms with Crippen LogP contribution in [0.5, 0.6) is 0 Å². The molecule has 0 aliphatic carbocycles. The molecule has 0 unspecified atom stereocenters. The Hall–Kier alpha value is -0.540. The Morgan fingerprint density at radius 2 is 2.27 bits per heavy atom. The van der Waals surface area contributed by atoms with Crippen LogP contribution in [0.25, 0.3) is 0 Å². The zero-order chi connectivity index (χ0) is 8.27. The number of nitrogens with zero attached hydrogens (tertiary/aromatic N) is 1. The molecule has 2 N–H and O–H groups in total. The summed E-state index contributed by atoms with van der Waals surface area (Å²) in [5.41, 5.74) is 0.809. The molecule has 0 saturated heterocycles. The lowest BCUT2D eigenvalue weighted by molar-refractivity contribution is 1.26. The highest BCUT2D eigenvalue weighted by molar-refractivity contribution is 9.10. The Morgan fingerprint density at radius 1 is 1.55 bits per heavy atom. The van der Waals surface area contributed by atoms with Gasteiger partial charge >= 0.3 is 0 Å². The fraction of sp³-hybridized carbons (Fsp3) is 0. The van der Waals surface area contributed by atoms with Crippen molar-refractivity contribution in [3.63, 3.8) is 0 Å². The molecule has 0 radical (unpaired) electrons. The Bertz CT molecular complexity index is 286. The van der Waals surface area contributed by atoms with Gasteiger partial charge in [-0.3, -0.25) is 0 Å². The van der Waals surface area contributed by atoms with Crippen molar-refractivity contribution in [1.29, 1.82) is 0 Å². The molecule has 0 bridgehead atoms. The summed E-state index contributed by atoms with van der Waals surface area (Å²) in [4.78, 5) is 0. The van der Waals surface area contributed by atoms with Crippen molar-refractivity contribution in [1.82, 2.24) is 0 Å². The Balaban J connectivity index is 3.16. The summed E-state index contributed by atoms with van der Waals surface area (Å²) in [5.74, 6) is 4.97. The Labute approximate surface area is 78.2 Å². The average Bonchev–Trinajstić information content (AvgIpc) is 1.99. The molecule has 0 atom stereocenters. The van der Waals surface area contributed by atoms with Crippen LogP contribution >= 0.6 is 27.5 Å². The summed E-state index contributed by atoms with van der Waals surface area (Å²) < 4.78 is 0.844. The van der Waals surface area contributed by atoms with Crippen LogP contribution in [-0.4, -0.2) is 6.21 Å². The van der Waals surface area contributed by atoms with Gasteiger partial charge in [0.2, 0.25) is 0 Å². The number of hydrogen-bond donors (Lipinski definition) is 1. The van der Waals surface area contributed by atoms with E-state index in [4.69, 9.17) is 17.4 Å². The van der Waals surface area contributed by atoms with Crippen LogP contribution in [0.15, 0.2) is 27.8 Å². The average molecular weight is 233 g/mol. The van der Waals surface area contributed by atoms with Gasteiger partial charge in [0.1, 0.15) is 0 Å². The number of hydrazone groups is 1. The van der Waals surface area contributed by atoms with Crippen molar-refractivity contribution >= 4 is 33.7 Å². The van der Waals surface area contributed by atoms with Gasteiger partial charge in [0.05, 0.1) is 11.2 Å². The van der Waals surface area contributed by atoms with E-state index in [2.05, 4.69) is 21.0 Å². The molecule has 1 aromatic rings. The summed E-state index contributed by atoms with van der Waals surface area (Å²) in [6, 6.07) is 5.56. The van der Waals surface area contributed by atoms with Crippen LogP contribution in [0.4, 0.5) is 0 Å². The number of benzene rings is 1.